The van der Waals surface area contributed by atoms with E-state index >= 15 is 0 Å². The summed E-state index contributed by atoms with van der Waals surface area (Å²) in [7, 11) is 0. The van der Waals surface area contributed by atoms with Crippen molar-refractivity contribution in [3.63, 3.8) is 0 Å². The van der Waals surface area contributed by atoms with Crippen molar-refractivity contribution in [1.29, 1.82) is 0 Å². The molecule has 1 rings (SSSR count). The normalized spacial score (nSPS) is 13.4. The highest BCUT2D eigenvalue weighted by molar-refractivity contribution is 9.11. The number of nitrogens with zero attached hydrogens (tertiary/aromatic N) is 1. The Labute approximate surface area is 77.4 Å². The first-order valence-corrected chi connectivity index (χ1v) is 4.82. The van der Waals surface area contributed by atoms with Crippen LogP contribution in [0.5, 0.6) is 0 Å². The van der Waals surface area contributed by atoms with Crippen LogP contribution in [0.2, 0.25) is 0 Å². The third-order valence-electron chi connectivity index (χ3n) is 1.25. The van der Waals surface area contributed by atoms with Crippen LogP contribution < -0.4 is 5.73 Å². The molecule has 1 heterocycles. The molecule has 0 saturated carbocycles. The van der Waals surface area contributed by atoms with Crippen molar-refractivity contribution in [2.45, 2.75) is 12.5 Å². The van der Waals surface area contributed by atoms with E-state index in [2.05, 4.69) is 20.9 Å². The van der Waals surface area contributed by atoms with Crippen molar-refractivity contribution in [1.82, 2.24) is 4.98 Å². The predicted molar refractivity (Wildman–Crippen MR) is 48.4 cm³/mol. The van der Waals surface area contributed by atoms with E-state index in [1.54, 1.807) is 6.20 Å². The summed E-state index contributed by atoms with van der Waals surface area (Å²) in [5.41, 5.74) is 5.69. The average molecular weight is 237 g/mol. The molecule has 0 radical (unpaired) electrons. The number of aliphatic hydroxyl groups is 1. The van der Waals surface area contributed by atoms with E-state index in [1.165, 1.54) is 11.3 Å². The van der Waals surface area contributed by atoms with Gasteiger partial charge in [-0.3, -0.25) is 0 Å². The van der Waals surface area contributed by atoms with Crippen LogP contribution in [-0.4, -0.2) is 16.7 Å². The number of hydrogen-bond donors (Lipinski definition) is 2. The van der Waals surface area contributed by atoms with Gasteiger partial charge in [0.2, 0.25) is 0 Å². The van der Waals surface area contributed by atoms with Gasteiger partial charge in [0.15, 0.2) is 0 Å². The van der Waals surface area contributed by atoms with Gasteiger partial charge in [0.25, 0.3) is 0 Å². The van der Waals surface area contributed by atoms with Crippen LogP contribution in [0.4, 0.5) is 0 Å². The Balaban J connectivity index is 2.60. The van der Waals surface area contributed by atoms with E-state index in [1.807, 2.05) is 0 Å². The summed E-state index contributed by atoms with van der Waals surface area (Å²) in [6.45, 7) is 0.109. The van der Waals surface area contributed by atoms with Crippen LogP contribution in [0.3, 0.4) is 0 Å². The lowest BCUT2D eigenvalue weighted by atomic mass is 10.2. The van der Waals surface area contributed by atoms with Crippen LogP contribution >= 0.6 is 27.3 Å². The van der Waals surface area contributed by atoms with Gasteiger partial charge in [-0.1, -0.05) is 0 Å². The first kappa shape index (κ1) is 9.12. The molecular formula is C6H9BrN2OS. The van der Waals surface area contributed by atoms with Crippen LogP contribution in [0.15, 0.2) is 9.98 Å². The fourth-order valence-electron chi connectivity index (χ4n) is 0.701. The molecule has 0 saturated heterocycles. The van der Waals surface area contributed by atoms with Gasteiger partial charge < -0.3 is 10.8 Å². The predicted octanol–water partition coefficient (Wildman–Crippen LogP) is 1.29. The topological polar surface area (TPSA) is 59.1 Å². The first-order chi connectivity index (χ1) is 5.24. The lowest BCUT2D eigenvalue weighted by molar-refractivity contribution is 0.276. The number of hydrogen-bond acceptors (Lipinski definition) is 4. The summed E-state index contributed by atoms with van der Waals surface area (Å²) in [6, 6.07) is -0.128. The zero-order valence-electron chi connectivity index (χ0n) is 5.83. The fourth-order valence-corrected chi connectivity index (χ4v) is 1.98. The van der Waals surface area contributed by atoms with E-state index < -0.39 is 0 Å². The number of rotatable bonds is 3. The second-order valence-corrected chi connectivity index (χ2v) is 4.56. The molecule has 62 valence electrons. The van der Waals surface area contributed by atoms with Crippen LogP contribution in [-0.2, 0) is 0 Å². The van der Waals surface area contributed by atoms with Gasteiger partial charge >= 0.3 is 0 Å². The molecule has 1 aromatic rings. The maximum Gasteiger partial charge on any atom is 0.110 e. The Morgan fingerprint density at radius 2 is 2.55 bits per heavy atom. The van der Waals surface area contributed by atoms with Crippen molar-refractivity contribution < 1.29 is 5.11 Å². The monoisotopic (exact) mass is 236 g/mol. The Hall–Kier alpha value is 0.0300. The average Bonchev–Trinajstić information content (AvgIpc) is 2.36. The maximum absolute atomic E-state index is 8.59. The summed E-state index contributed by atoms with van der Waals surface area (Å²) in [4.78, 5) is 4.07. The molecule has 3 N–H and O–H groups in total. The Morgan fingerprint density at radius 3 is 3.00 bits per heavy atom. The highest BCUT2D eigenvalue weighted by Gasteiger charge is 2.08. The van der Waals surface area contributed by atoms with Crippen LogP contribution in [0.1, 0.15) is 17.5 Å². The number of halogens is 1. The quantitative estimate of drug-likeness (QED) is 0.832. The highest BCUT2D eigenvalue weighted by Crippen LogP contribution is 2.24. The van der Waals surface area contributed by atoms with E-state index in [-0.39, 0.29) is 12.6 Å². The zero-order chi connectivity index (χ0) is 8.27. The molecule has 11 heavy (non-hydrogen) atoms. The zero-order valence-corrected chi connectivity index (χ0v) is 8.23. The number of aliphatic hydroxyl groups excluding tert-OH is 1. The fraction of sp³-hybridized carbons (Fsp3) is 0.500. The molecule has 0 aliphatic carbocycles. The summed E-state index contributed by atoms with van der Waals surface area (Å²) < 4.78 is 0.973. The van der Waals surface area contributed by atoms with Gasteiger partial charge in [-0.2, -0.15) is 0 Å². The van der Waals surface area contributed by atoms with Gasteiger partial charge in [-0.15, -0.1) is 11.3 Å². The number of aromatic nitrogens is 1. The lowest BCUT2D eigenvalue weighted by Gasteiger charge is -2.03. The molecule has 0 bridgehead atoms. The Morgan fingerprint density at radius 1 is 1.82 bits per heavy atom. The molecule has 0 fully saturated rings. The first-order valence-electron chi connectivity index (χ1n) is 3.21. The minimum atomic E-state index is -0.128. The largest absolute Gasteiger partial charge is 0.396 e. The smallest absolute Gasteiger partial charge is 0.110 e. The molecule has 5 heteroatoms. The molecule has 0 aliphatic rings. The molecular weight excluding hydrogens is 228 g/mol. The summed E-state index contributed by atoms with van der Waals surface area (Å²) in [6.07, 6.45) is 2.29. The molecule has 3 nitrogen and oxygen atoms in total. The molecule has 1 atom stereocenters. The molecule has 1 aromatic heterocycles. The van der Waals surface area contributed by atoms with Crippen molar-refractivity contribution in [3.8, 4) is 0 Å². The lowest BCUT2D eigenvalue weighted by Crippen LogP contribution is -2.11. The third kappa shape index (κ3) is 2.52. The van der Waals surface area contributed by atoms with Crippen LogP contribution in [0, 0.1) is 0 Å². The number of nitrogens with two attached hydrogens (primary N) is 1. The van der Waals surface area contributed by atoms with Crippen molar-refractivity contribution in [2.75, 3.05) is 6.61 Å². The minimum absolute atomic E-state index is 0.109. The minimum Gasteiger partial charge on any atom is -0.396 e. The molecule has 1 unspecified atom stereocenters. The van der Waals surface area contributed by atoms with Gasteiger partial charge in [0.05, 0.1) is 16.0 Å². The molecule has 0 spiro atoms. The van der Waals surface area contributed by atoms with Gasteiger partial charge in [0, 0.05) is 6.61 Å². The van der Waals surface area contributed by atoms with Gasteiger partial charge in [-0.25, -0.2) is 4.98 Å². The van der Waals surface area contributed by atoms with E-state index in [4.69, 9.17) is 10.8 Å². The van der Waals surface area contributed by atoms with E-state index in [0.29, 0.717) is 6.42 Å². The van der Waals surface area contributed by atoms with Gasteiger partial charge in [-0.05, 0) is 22.4 Å². The van der Waals surface area contributed by atoms with Crippen molar-refractivity contribution >= 4 is 27.3 Å². The molecule has 0 aromatic carbocycles. The Kier molecular flexibility index (Phi) is 3.45. The number of thiazole rings is 1. The molecule has 0 amide bonds. The summed E-state index contributed by atoms with van der Waals surface area (Å²) in [5.74, 6) is 0. The second kappa shape index (κ2) is 4.15. The Bertz CT molecular complexity index is 228. The van der Waals surface area contributed by atoms with Crippen molar-refractivity contribution in [3.05, 3.63) is 15.0 Å². The van der Waals surface area contributed by atoms with E-state index in [9.17, 15) is 0 Å². The summed E-state index contributed by atoms with van der Waals surface area (Å²) >= 11 is 4.79. The highest BCUT2D eigenvalue weighted by atomic mass is 79.9. The summed E-state index contributed by atoms with van der Waals surface area (Å²) in [5, 5.41) is 9.46. The maximum atomic E-state index is 8.59. The third-order valence-corrected chi connectivity index (χ3v) is 2.86. The second-order valence-electron chi connectivity index (χ2n) is 2.12. The van der Waals surface area contributed by atoms with Crippen molar-refractivity contribution in [2.24, 2.45) is 5.73 Å². The standard InChI is InChI=1S/C6H9BrN2OS/c7-5-3-9-6(11-5)4(8)1-2-10/h3-4,10H,1-2,8H2. The van der Waals surface area contributed by atoms with E-state index in [0.717, 1.165) is 8.79 Å². The van der Waals surface area contributed by atoms with Crippen LogP contribution in [0.25, 0.3) is 0 Å². The molecule has 0 aliphatic heterocycles. The SMILES string of the molecule is NC(CCO)c1ncc(Br)s1. The van der Waals surface area contributed by atoms with Gasteiger partial charge in [0.1, 0.15) is 5.01 Å².